The number of hydrogen-bond donors (Lipinski definition) is 3. The molecule has 0 bridgehead atoms. The highest BCUT2D eigenvalue weighted by Gasteiger charge is 2.38. The number of aromatic nitrogens is 1. The Bertz CT molecular complexity index is 1140. The maximum atomic E-state index is 14.2. The second-order valence-electron chi connectivity index (χ2n) is 6.28. The first-order chi connectivity index (χ1) is 13.3. The topological polar surface area (TPSA) is 117 Å². The summed E-state index contributed by atoms with van der Waals surface area (Å²) in [5.41, 5.74) is -0.703. The number of carbonyl (C=O) groups is 3. The molecule has 2 aromatic carbocycles. The molecule has 0 saturated carbocycles. The van der Waals surface area contributed by atoms with E-state index in [1.165, 1.54) is 24.3 Å². The number of rotatable bonds is 3. The molecule has 0 spiro atoms. The fourth-order valence-electron chi connectivity index (χ4n) is 3.35. The van der Waals surface area contributed by atoms with Crippen LogP contribution in [0.2, 0.25) is 0 Å². The molecule has 1 aliphatic carbocycles. The Balaban J connectivity index is 1.90. The number of aliphatic carboxylic acids is 1. The highest BCUT2D eigenvalue weighted by molar-refractivity contribution is 6.30. The third-order valence-corrected chi connectivity index (χ3v) is 4.63. The first-order valence-corrected chi connectivity index (χ1v) is 8.17. The number of aromatic hydroxyl groups is 2. The number of carboxylic acid groups (broad SMARTS) is 1. The summed E-state index contributed by atoms with van der Waals surface area (Å²) < 4.78 is 15.0. The van der Waals surface area contributed by atoms with E-state index in [1.807, 2.05) is 0 Å². The van der Waals surface area contributed by atoms with Crippen LogP contribution in [0.4, 0.5) is 4.39 Å². The number of hydrogen-bond acceptors (Lipinski definition) is 5. The standard InChI is InChI=1S/C20H12FNO6/c21-13-8-10(6-5-9(13)7-14(23)24)22-19(27)15-16(20(22)28)18(26)12-4-2-1-3-11(12)17(15)25/h1-6,8,27-28H,7H2,(H,23,24). The van der Waals surface area contributed by atoms with Crippen LogP contribution in [-0.2, 0) is 11.2 Å². The van der Waals surface area contributed by atoms with Gasteiger partial charge in [0.2, 0.25) is 11.8 Å². The van der Waals surface area contributed by atoms with Crippen molar-refractivity contribution in [3.05, 3.63) is 76.1 Å². The van der Waals surface area contributed by atoms with Gasteiger partial charge in [-0.2, -0.15) is 0 Å². The molecule has 0 aliphatic heterocycles. The summed E-state index contributed by atoms with van der Waals surface area (Å²) in [6, 6.07) is 9.38. The Morgan fingerprint density at radius 1 is 0.929 bits per heavy atom. The number of fused-ring (bicyclic) bond motifs is 2. The van der Waals surface area contributed by atoms with Gasteiger partial charge >= 0.3 is 5.97 Å². The van der Waals surface area contributed by atoms with Crippen molar-refractivity contribution in [2.24, 2.45) is 0 Å². The summed E-state index contributed by atoms with van der Waals surface area (Å²) >= 11 is 0. The van der Waals surface area contributed by atoms with Crippen LogP contribution in [0, 0.1) is 5.82 Å². The molecule has 8 heteroatoms. The van der Waals surface area contributed by atoms with E-state index in [0.717, 1.165) is 10.6 Å². The van der Waals surface area contributed by atoms with E-state index in [2.05, 4.69) is 0 Å². The van der Waals surface area contributed by atoms with E-state index in [1.54, 1.807) is 12.1 Å². The van der Waals surface area contributed by atoms with Gasteiger partial charge in [-0.25, -0.2) is 4.39 Å². The molecular formula is C20H12FNO6. The first-order valence-electron chi connectivity index (χ1n) is 8.17. The minimum Gasteiger partial charge on any atom is -0.494 e. The SMILES string of the molecule is O=C(O)Cc1ccc(-n2c(O)c3c(c2O)C(=O)c2ccccc2C3=O)cc1F. The smallest absolute Gasteiger partial charge is 0.307 e. The third kappa shape index (κ3) is 2.38. The number of carboxylic acids is 1. The van der Waals surface area contributed by atoms with Crippen LogP contribution < -0.4 is 0 Å². The molecular weight excluding hydrogens is 369 g/mol. The van der Waals surface area contributed by atoms with Gasteiger partial charge < -0.3 is 15.3 Å². The molecule has 0 radical (unpaired) electrons. The molecule has 0 fully saturated rings. The van der Waals surface area contributed by atoms with E-state index in [-0.39, 0.29) is 33.5 Å². The van der Waals surface area contributed by atoms with E-state index >= 15 is 0 Å². The van der Waals surface area contributed by atoms with Gasteiger partial charge in [-0.15, -0.1) is 0 Å². The normalized spacial score (nSPS) is 12.6. The zero-order valence-corrected chi connectivity index (χ0v) is 14.1. The van der Waals surface area contributed by atoms with Gasteiger partial charge in [-0.1, -0.05) is 30.3 Å². The molecule has 3 aromatic rings. The molecule has 1 aromatic heterocycles. The fourth-order valence-corrected chi connectivity index (χ4v) is 3.35. The number of carbonyl (C=O) groups excluding carboxylic acids is 2. The van der Waals surface area contributed by atoms with Gasteiger partial charge in [0.15, 0.2) is 11.6 Å². The zero-order chi connectivity index (χ0) is 20.2. The first kappa shape index (κ1) is 17.5. The molecule has 7 nitrogen and oxygen atoms in total. The van der Waals surface area contributed by atoms with Crippen LogP contribution in [0.25, 0.3) is 5.69 Å². The monoisotopic (exact) mass is 381 g/mol. The Morgan fingerprint density at radius 2 is 1.46 bits per heavy atom. The average Bonchev–Trinajstić information content (AvgIpc) is 2.92. The Labute approximate surface area is 156 Å². The summed E-state index contributed by atoms with van der Waals surface area (Å²) in [4.78, 5) is 36.2. The van der Waals surface area contributed by atoms with Gasteiger partial charge in [-0.05, 0) is 17.7 Å². The third-order valence-electron chi connectivity index (χ3n) is 4.63. The van der Waals surface area contributed by atoms with Gasteiger partial charge in [0.25, 0.3) is 0 Å². The van der Waals surface area contributed by atoms with Crippen LogP contribution in [0.1, 0.15) is 37.4 Å². The van der Waals surface area contributed by atoms with E-state index in [4.69, 9.17) is 5.11 Å². The molecule has 28 heavy (non-hydrogen) atoms. The van der Waals surface area contributed by atoms with Crippen LogP contribution in [-0.4, -0.2) is 37.4 Å². The minimum atomic E-state index is -1.22. The Kier molecular flexibility index (Phi) is 3.78. The number of ketones is 2. The van der Waals surface area contributed by atoms with E-state index in [9.17, 15) is 29.0 Å². The number of nitrogens with zero attached hydrogens (tertiary/aromatic N) is 1. The fraction of sp³-hybridized carbons (Fsp3) is 0.0500. The summed E-state index contributed by atoms with van der Waals surface area (Å²) in [6.07, 6.45) is -0.543. The maximum Gasteiger partial charge on any atom is 0.307 e. The molecule has 0 unspecified atom stereocenters. The van der Waals surface area contributed by atoms with Crippen molar-refractivity contribution in [2.75, 3.05) is 0 Å². The number of halogens is 1. The molecule has 1 aliphatic rings. The minimum absolute atomic E-state index is 0.0688. The second-order valence-corrected chi connectivity index (χ2v) is 6.28. The maximum absolute atomic E-state index is 14.2. The van der Waals surface area contributed by atoms with Crippen LogP contribution in [0.3, 0.4) is 0 Å². The Hall–Kier alpha value is -3.94. The Morgan fingerprint density at radius 3 is 1.93 bits per heavy atom. The lowest BCUT2D eigenvalue weighted by Crippen LogP contribution is -2.19. The molecule has 1 heterocycles. The average molecular weight is 381 g/mol. The van der Waals surface area contributed by atoms with Crippen LogP contribution in [0.15, 0.2) is 42.5 Å². The van der Waals surface area contributed by atoms with Crippen LogP contribution in [0.5, 0.6) is 11.8 Å². The van der Waals surface area contributed by atoms with E-state index < -0.39 is 41.5 Å². The van der Waals surface area contributed by atoms with Crippen molar-refractivity contribution in [2.45, 2.75) is 6.42 Å². The second kappa shape index (κ2) is 6.05. The zero-order valence-electron chi connectivity index (χ0n) is 14.1. The molecule has 3 N–H and O–H groups in total. The predicted octanol–water partition coefficient (Wildman–Crippen LogP) is 2.43. The largest absolute Gasteiger partial charge is 0.494 e. The number of benzene rings is 2. The summed E-state index contributed by atoms with van der Waals surface area (Å²) in [5, 5.41) is 29.9. The molecule has 0 atom stereocenters. The van der Waals surface area contributed by atoms with Crippen LogP contribution >= 0.6 is 0 Å². The molecule has 0 amide bonds. The summed E-state index contributed by atoms with van der Waals surface area (Å²) in [7, 11) is 0. The molecule has 0 saturated heterocycles. The molecule has 4 rings (SSSR count). The summed E-state index contributed by atoms with van der Waals surface area (Å²) in [5.74, 6) is -4.77. The van der Waals surface area contributed by atoms with Gasteiger partial charge in [0.1, 0.15) is 5.82 Å². The van der Waals surface area contributed by atoms with Crippen molar-refractivity contribution in [1.82, 2.24) is 4.57 Å². The van der Waals surface area contributed by atoms with Gasteiger partial charge in [0, 0.05) is 11.1 Å². The lowest BCUT2D eigenvalue weighted by molar-refractivity contribution is -0.136. The summed E-state index contributed by atoms with van der Waals surface area (Å²) in [6.45, 7) is 0. The predicted molar refractivity (Wildman–Crippen MR) is 93.7 cm³/mol. The quantitative estimate of drug-likeness (QED) is 0.502. The van der Waals surface area contributed by atoms with Crippen molar-refractivity contribution in [3.63, 3.8) is 0 Å². The van der Waals surface area contributed by atoms with Crippen molar-refractivity contribution in [3.8, 4) is 17.4 Å². The van der Waals surface area contributed by atoms with Gasteiger partial charge in [-0.3, -0.25) is 19.0 Å². The lowest BCUT2D eigenvalue weighted by Gasteiger charge is -2.13. The lowest BCUT2D eigenvalue weighted by atomic mass is 9.86. The highest BCUT2D eigenvalue weighted by Crippen LogP contribution is 2.42. The highest BCUT2D eigenvalue weighted by atomic mass is 19.1. The van der Waals surface area contributed by atoms with Crippen molar-refractivity contribution < 1.29 is 34.1 Å². The van der Waals surface area contributed by atoms with Crippen molar-refractivity contribution >= 4 is 17.5 Å². The van der Waals surface area contributed by atoms with Gasteiger partial charge in [0.05, 0.1) is 23.2 Å². The molecule has 140 valence electrons. The van der Waals surface area contributed by atoms with E-state index in [0.29, 0.717) is 0 Å². The van der Waals surface area contributed by atoms with Crippen molar-refractivity contribution in [1.29, 1.82) is 0 Å².